The minimum absolute atomic E-state index is 0. The molecular formula is CHCaClKNa2O7P. The molecule has 14 heavy (non-hydrogen) atoms. The zero-order chi connectivity index (χ0) is 8.08. The predicted molar refractivity (Wildman–Crippen MR) is 21.4 cm³/mol. The molecule has 1 N–H and O–H groups in total. The summed E-state index contributed by atoms with van der Waals surface area (Å²) in [4.78, 5) is 34.1. The van der Waals surface area contributed by atoms with Crippen LogP contribution in [0.1, 0.15) is 0 Å². The molecule has 0 fully saturated rings. The Morgan fingerprint density at radius 2 is 1.14 bits per heavy atom. The van der Waals surface area contributed by atoms with Crippen molar-refractivity contribution >= 4 is 51.7 Å². The second-order valence-electron chi connectivity index (χ2n) is 0.713. The van der Waals surface area contributed by atoms with Gasteiger partial charge in [0.05, 0.1) is 0 Å². The zero-order valence-corrected chi connectivity index (χ0v) is 18.9. The van der Waals surface area contributed by atoms with Gasteiger partial charge in [-0.2, -0.15) is 7.82 Å². The molecule has 0 aliphatic heterocycles. The van der Waals surface area contributed by atoms with Crippen LogP contribution in [0.15, 0.2) is 0 Å². The molecule has 13 heteroatoms. The molecule has 0 radical (unpaired) electrons. The van der Waals surface area contributed by atoms with E-state index < -0.39 is 14.0 Å². The zero-order valence-electron chi connectivity index (χ0n) is 7.93. The Kier molecular flexibility index (Phi) is 80.1. The van der Waals surface area contributed by atoms with Crippen molar-refractivity contribution in [2.75, 3.05) is 0 Å². The topological polar surface area (TPSA) is 147 Å². The van der Waals surface area contributed by atoms with Crippen LogP contribution in [-0.2, 0) is 4.57 Å². The maximum absolute atomic E-state index is 8.55. The molecule has 0 bridgehead atoms. The molecule has 0 amide bonds. The summed E-state index contributed by atoms with van der Waals surface area (Å²) in [6.07, 6.45) is -2.08. The molecule has 0 spiro atoms. The molecule has 0 aliphatic rings. The van der Waals surface area contributed by atoms with Crippen LogP contribution in [0, 0.1) is 0 Å². The summed E-state index contributed by atoms with van der Waals surface area (Å²) in [5.41, 5.74) is 0. The van der Waals surface area contributed by atoms with Gasteiger partial charge in [-0.25, -0.2) is 0 Å². The molecule has 0 aliphatic carbocycles. The summed E-state index contributed by atoms with van der Waals surface area (Å²) in [6.45, 7) is 0. The van der Waals surface area contributed by atoms with Crippen LogP contribution >= 0.6 is 7.82 Å². The van der Waals surface area contributed by atoms with Crippen LogP contribution in [0.5, 0.6) is 0 Å². The van der Waals surface area contributed by atoms with Crippen molar-refractivity contribution in [3.63, 3.8) is 0 Å². The SMILES string of the molecule is O=C([O-])O.O=P([O-])([O-])[O-].[Ca+2].[Cl-].[K+].[Na+].[Na+]. The molecule has 0 aromatic rings. The fourth-order valence-electron chi connectivity index (χ4n) is 0. The van der Waals surface area contributed by atoms with E-state index in [2.05, 4.69) is 0 Å². The van der Waals surface area contributed by atoms with E-state index in [1.165, 1.54) is 0 Å². The van der Waals surface area contributed by atoms with Gasteiger partial charge in [-0.15, -0.1) is 0 Å². The average molecular weight is 317 g/mol. The Balaban J connectivity index is -0.0000000104. The maximum atomic E-state index is 8.55. The van der Waals surface area contributed by atoms with Crippen molar-refractivity contribution in [2.24, 2.45) is 0 Å². The van der Waals surface area contributed by atoms with Gasteiger partial charge in [-0.3, -0.25) is 0 Å². The van der Waals surface area contributed by atoms with Gasteiger partial charge in [-0.1, -0.05) is 0 Å². The fourth-order valence-corrected chi connectivity index (χ4v) is 0. The molecular weight excluding hydrogens is 316 g/mol. The van der Waals surface area contributed by atoms with Gasteiger partial charge in [0.25, 0.3) is 0 Å². The molecule has 0 saturated carbocycles. The van der Waals surface area contributed by atoms with Crippen LogP contribution in [-0.4, -0.2) is 49.0 Å². The second kappa shape index (κ2) is 26.2. The van der Waals surface area contributed by atoms with Crippen LogP contribution in [0.2, 0.25) is 0 Å². The summed E-state index contributed by atoms with van der Waals surface area (Å²) in [5, 5.41) is 15.3. The molecule has 0 saturated heterocycles. The number of hydrogen-bond acceptors (Lipinski definition) is 6. The van der Waals surface area contributed by atoms with E-state index in [1.54, 1.807) is 0 Å². The number of carbonyl (C=O) groups is 1. The van der Waals surface area contributed by atoms with Gasteiger partial charge in [0.1, 0.15) is 0 Å². The molecule has 64 valence electrons. The van der Waals surface area contributed by atoms with Crippen molar-refractivity contribution < 1.29 is 157 Å². The summed E-state index contributed by atoms with van der Waals surface area (Å²) < 4.78 is 8.55. The third kappa shape index (κ3) is 193. The van der Waals surface area contributed by atoms with Crippen LogP contribution < -0.4 is 143 Å². The van der Waals surface area contributed by atoms with Crippen LogP contribution in [0.3, 0.4) is 0 Å². The van der Waals surface area contributed by atoms with Crippen LogP contribution in [0.25, 0.3) is 0 Å². The van der Waals surface area contributed by atoms with Gasteiger partial charge < -0.3 is 46.7 Å². The molecule has 0 rings (SSSR count). The van der Waals surface area contributed by atoms with Gasteiger partial charge in [0.15, 0.2) is 0 Å². The number of hydrogen-bond donors (Lipinski definition) is 1. The molecule has 0 unspecified atom stereocenters. The van der Waals surface area contributed by atoms with Crippen molar-refractivity contribution in [2.45, 2.75) is 0 Å². The molecule has 0 aromatic heterocycles. The summed E-state index contributed by atoms with van der Waals surface area (Å²) in [7, 11) is -5.39. The third-order valence-corrected chi connectivity index (χ3v) is 0. The van der Waals surface area contributed by atoms with Gasteiger partial charge in [0.2, 0.25) is 6.16 Å². The Hall–Kier alpha value is 4.57. The first-order valence-electron chi connectivity index (χ1n) is 1.36. The van der Waals surface area contributed by atoms with E-state index >= 15 is 0 Å². The Morgan fingerprint density at radius 3 is 1.14 bits per heavy atom. The number of phosphoric acid groups is 1. The van der Waals surface area contributed by atoms with Crippen molar-refractivity contribution in [1.82, 2.24) is 0 Å². The molecule has 0 atom stereocenters. The standard InChI is InChI=1S/CH2O3.Ca.ClH.K.2Na.H3O4P/c2-1(3)4;;;;;;1-5(2,3)4/h(H2,2,3,4);;1H;;;;(H3,1,2,3,4)/q;+2;;3*+1;/p-5. The summed E-state index contributed by atoms with van der Waals surface area (Å²) in [6, 6.07) is 0. The van der Waals surface area contributed by atoms with E-state index in [4.69, 9.17) is 34.3 Å². The third-order valence-electron chi connectivity index (χ3n) is 0. The fraction of sp³-hybridized carbons (Fsp3) is 0. The maximum Gasteiger partial charge on any atom is 2.00 e. The van der Waals surface area contributed by atoms with Gasteiger partial charge in [0, 0.05) is 0 Å². The van der Waals surface area contributed by atoms with E-state index in [1.807, 2.05) is 0 Å². The van der Waals surface area contributed by atoms with Crippen molar-refractivity contribution in [3.8, 4) is 0 Å². The normalized spacial score (nSPS) is 5.93. The first-order chi connectivity index (χ1) is 3.73. The van der Waals surface area contributed by atoms with Crippen molar-refractivity contribution in [3.05, 3.63) is 0 Å². The van der Waals surface area contributed by atoms with Gasteiger partial charge in [-0.05, 0) is 0 Å². The summed E-state index contributed by atoms with van der Waals surface area (Å²) >= 11 is 0. The number of halogens is 1. The van der Waals surface area contributed by atoms with Gasteiger partial charge >= 0.3 is 148 Å². The smallest absolute Gasteiger partial charge is 1.00 e. The molecule has 0 aromatic carbocycles. The first kappa shape index (κ1) is 42.8. The van der Waals surface area contributed by atoms with Crippen LogP contribution in [0.4, 0.5) is 4.79 Å². The van der Waals surface area contributed by atoms with E-state index in [0.717, 1.165) is 0 Å². The largest absolute Gasteiger partial charge is 2.00 e. The Morgan fingerprint density at radius 1 is 1.14 bits per heavy atom. The average Bonchev–Trinajstić information content (AvgIpc) is 1.19. The molecule has 7 nitrogen and oxygen atoms in total. The predicted octanol–water partition coefficient (Wildman–Crippen LogP) is -16.3. The second-order valence-corrected chi connectivity index (χ2v) is 1.61. The van der Waals surface area contributed by atoms with E-state index in [9.17, 15) is 0 Å². The van der Waals surface area contributed by atoms with E-state index in [-0.39, 0.29) is 161 Å². The monoisotopic (exact) mass is 316 g/mol. The quantitative estimate of drug-likeness (QED) is 0.345. The minimum atomic E-state index is -5.39. The summed E-state index contributed by atoms with van der Waals surface area (Å²) in [5.74, 6) is 0. The first-order valence-corrected chi connectivity index (χ1v) is 2.82. The van der Waals surface area contributed by atoms with E-state index in [0.29, 0.717) is 0 Å². The Bertz CT molecular complexity index is 131. The Labute approximate surface area is 203 Å². The van der Waals surface area contributed by atoms with Crippen molar-refractivity contribution in [1.29, 1.82) is 0 Å². The minimum Gasteiger partial charge on any atom is -1.00 e. The number of carboxylic acid groups (broad SMARTS) is 2. The molecule has 0 heterocycles. The number of rotatable bonds is 0.